The van der Waals surface area contributed by atoms with E-state index in [-0.39, 0.29) is 5.91 Å². The van der Waals surface area contributed by atoms with Crippen molar-refractivity contribution in [3.05, 3.63) is 23.8 Å². The Morgan fingerprint density at radius 1 is 1.40 bits per heavy atom. The lowest BCUT2D eigenvalue weighted by atomic mass is 10.1. The second-order valence-corrected chi connectivity index (χ2v) is 5.46. The first kappa shape index (κ1) is 16.3. The summed E-state index contributed by atoms with van der Waals surface area (Å²) in [5, 5.41) is 12.7. The molecule has 1 aromatic rings. The number of hydrogen-bond donors (Lipinski definition) is 3. The molecule has 0 unspecified atom stereocenters. The molecule has 0 bridgehead atoms. The second kappa shape index (κ2) is 6.61. The van der Waals surface area contributed by atoms with Gasteiger partial charge in [0.15, 0.2) is 0 Å². The zero-order chi connectivity index (χ0) is 15.3. The number of carbonyl (C=O) groups excluding carboxylic acids is 1. The van der Waals surface area contributed by atoms with E-state index in [2.05, 4.69) is 5.32 Å². The SMILES string of the molecule is CCNC(=O)c1ccc(N)c(N(CC)CC(C)(C)O)c1. The van der Waals surface area contributed by atoms with Crippen LogP contribution in [0, 0.1) is 0 Å². The van der Waals surface area contributed by atoms with Crippen LogP contribution >= 0.6 is 0 Å². The van der Waals surface area contributed by atoms with E-state index in [1.807, 2.05) is 18.7 Å². The normalized spacial score (nSPS) is 11.2. The third kappa shape index (κ3) is 4.42. The highest BCUT2D eigenvalue weighted by atomic mass is 16.3. The van der Waals surface area contributed by atoms with Crippen molar-refractivity contribution in [3.63, 3.8) is 0 Å². The number of likely N-dealkylation sites (N-methyl/N-ethyl adjacent to an activating group) is 1. The molecule has 0 fully saturated rings. The van der Waals surface area contributed by atoms with Gasteiger partial charge in [0, 0.05) is 25.2 Å². The van der Waals surface area contributed by atoms with Gasteiger partial charge in [-0.15, -0.1) is 0 Å². The van der Waals surface area contributed by atoms with Gasteiger partial charge in [0.1, 0.15) is 0 Å². The average Bonchev–Trinajstić information content (AvgIpc) is 2.36. The number of nitrogens with two attached hydrogens (primary N) is 1. The van der Waals surface area contributed by atoms with Crippen LogP contribution in [0.15, 0.2) is 18.2 Å². The van der Waals surface area contributed by atoms with Gasteiger partial charge in [0.25, 0.3) is 5.91 Å². The largest absolute Gasteiger partial charge is 0.397 e. The summed E-state index contributed by atoms with van der Waals surface area (Å²) in [5.41, 5.74) is 7.13. The maximum atomic E-state index is 11.9. The van der Waals surface area contributed by atoms with Crippen LogP contribution in [0.2, 0.25) is 0 Å². The Kier molecular flexibility index (Phi) is 5.39. The van der Waals surface area contributed by atoms with Crippen molar-refractivity contribution < 1.29 is 9.90 Å². The minimum Gasteiger partial charge on any atom is -0.397 e. The number of hydrogen-bond acceptors (Lipinski definition) is 4. The third-order valence-electron chi connectivity index (χ3n) is 2.93. The maximum absolute atomic E-state index is 11.9. The van der Waals surface area contributed by atoms with Crippen molar-refractivity contribution in [1.29, 1.82) is 0 Å². The molecule has 4 N–H and O–H groups in total. The van der Waals surface area contributed by atoms with Crippen LogP contribution in [0.3, 0.4) is 0 Å². The van der Waals surface area contributed by atoms with E-state index in [1.54, 1.807) is 32.0 Å². The monoisotopic (exact) mass is 279 g/mol. The molecule has 112 valence electrons. The Hall–Kier alpha value is -1.75. The van der Waals surface area contributed by atoms with Gasteiger partial charge >= 0.3 is 0 Å². The number of anilines is 2. The van der Waals surface area contributed by atoms with Gasteiger partial charge in [-0.05, 0) is 45.9 Å². The van der Waals surface area contributed by atoms with Crippen LogP contribution in [-0.2, 0) is 0 Å². The molecule has 0 aliphatic heterocycles. The van der Waals surface area contributed by atoms with Crippen molar-refractivity contribution >= 4 is 17.3 Å². The van der Waals surface area contributed by atoms with Crippen LogP contribution in [0.5, 0.6) is 0 Å². The van der Waals surface area contributed by atoms with Gasteiger partial charge in [0.05, 0.1) is 17.0 Å². The van der Waals surface area contributed by atoms with Gasteiger partial charge in [-0.1, -0.05) is 0 Å². The van der Waals surface area contributed by atoms with Crippen LogP contribution in [0.25, 0.3) is 0 Å². The number of nitrogen functional groups attached to an aromatic ring is 1. The van der Waals surface area contributed by atoms with E-state index in [0.717, 1.165) is 5.69 Å². The summed E-state index contributed by atoms with van der Waals surface area (Å²) in [5.74, 6) is -0.118. The number of rotatable bonds is 6. The lowest BCUT2D eigenvalue weighted by molar-refractivity contribution is 0.0876. The Morgan fingerprint density at radius 3 is 2.55 bits per heavy atom. The first-order chi connectivity index (χ1) is 9.28. The molecule has 0 radical (unpaired) electrons. The zero-order valence-electron chi connectivity index (χ0n) is 12.7. The van der Waals surface area contributed by atoms with Gasteiger partial charge in [-0.25, -0.2) is 0 Å². The van der Waals surface area contributed by atoms with Crippen LogP contribution < -0.4 is 16.0 Å². The molecule has 5 nitrogen and oxygen atoms in total. The molecule has 0 saturated heterocycles. The minimum atomic E-state index is -0.829. The molecule has 1 rings (SSSR count). The predicted molar refractivity (Wildman–Crippen MR) is 83.0 cm³/mol. The highest BCUT2D eigenvalue weighted by Crippen LogP contribution is 2.26. The van der Waals surface area contributed by atoms with Crippen molar-refractivity contribution in [2.24, 2.45) is 0 Å². The lowest BCUT2D eigenvalue weighted by Crippen LogP contribution is -2.39. The van der Waals surface area contributed by atoms with Crippen molar-refractivity contribution in [1.82, 2.24) is 5.32 Å². The maximum Gasteiger partial charge on any atom is 0.251 e. The van der Waals surface area contributed by atoms with E-state index < -0.39 is 5.60 Å². The van der Waals surface area contributed by atoms with E-state index in [0.29, 0.717) is 30.9 Å². The molecule has 1 aromatic carbocycles. The summed E-state index contributed by atoms with van der Waals surface area (Å²) in [7, 11) is 0. The van der Waals surface area contributed by atoms with Crippen molar-refractivity contribution in [2.75, 3.05) is 30.3 Å². The van der Waals surface area contributed by atoms with E-state index in [1.165, 1.54) is 0 Å². The quantitative estimate of drug-likeness (QED) is 0.691. The average molecular weight is 279 g/mol. The molecule has 1 amide bonds. The van der Waals surface area contributed by atoms with Crippen LogP contribution in [0.1, 0.15) is 38.1 Å². The standard InChI is InChI=1S/C15H25N3O2/c1-5-17-14(19)11-7-8-12(16)13(9-11)18(6-2)10-15(3,4)20/h7-9,20H,5-6,10,16H2,1-4H3,(H,17,19). The lowest BCUT2D eigenvalue weighted by Gasteiger charge is -2.31. The van der Waals surface area contributed by atoms with Gasteiger partial charge < -0.3 is 21.1 Å². The molecular formula is C15H25N3O2. The molecule has 5 heteroatoms. The predicted octanol–water partition coefficient (Wildman–Crippen LogP) is 1.62. The van der Waals surface area contributed by atoms with Gasteiger partial charge in [-0.2, -0.15) is 0 Å². The number of nitrogens with zero attached hydrogens (tertiary/aromatic N) is 1. The number of carbonyl (C=O) groups is 1. The van der Waals surface area contributed by atoms with Crippen LogP contribution in [-0.4, -0.2) is 36.2 Å². The number of amides is 1. The van der Waals surface area contributed by atoms with Crippen molar-refractivity contribution in [2.45, 2.75) is 33.3 Å². The summed E-state index contributed by atoms with van der Waals surface area (Å²) in [6.45, 7) is 9.10. The number of nitrogens with one attached hydrogen (secondary N) is 1. The van der Waals surface area contributed by atoms with Crippen LogP contribution in [0.4, 0.5) is 11.4 Å². The summed E-state index contributed by atoms with van der Waals surface area (Å²) < 4.78 is 0. The molecular weight excluding hydrogens is 254 g/mol. The number of benzene rings is 1. The first-order valence-corrected chi connectivity index (χ1v) is 6.93. The Labute approximate surface area is 120 Å². The smallest absolute Gasteiger partial charge is 0.251 e. The Bertz CT molecular complexity index is 467. The molecule has 20 heavy (non-hydrogen) atoms. The first-order valence-electron chi connectivity index (χ1n) is 6.93. The summed E-state index contributed by atoms with van der Waals surface area (Å²) in [6, 6.07) is 5.21. The summed E-state index contributed by atoms with van der Waals surface area (Å²) in [4.78, 5) is 13.9. The fourth-order valence-electron chi connectivity index (χ4n) is 2.06. The van der Waals surface area contributed by atoms with Gasteiger partial charge in [0.2, 0.25) is 0 Å². The molecule has 0 aliphatic rings. The Morgan fingerprint density at radius 2 is 2.05 bits per heavy atom. The highest BCUT2D eigenvalue weighted by molar-refractivity contribution is 5.96. The Balaban J connectivity index is 3.08. The van der Waals surface area contributed by atoms with E-state index >= 15 is 0 Å². The fraction of sp³-hybridized carbons (Fsp3) is 0.533. The topological polar surface area (TPSA) is 78.6 Å². The summed E-state index contributed by atoms with van der Waals surface area (Å²) >= 11 is 0. The number of aliphatic hydroxyl groups is 1. The highest BCUT2D eigenvalue weighted by Gasteiger charge is 2.20. The van der Waals surface area contributed by atoms with E-state index in [9.17, 15) is 9.90 Å². The molecule has 0 heterocycles. The molecule has 0 spiro atoms. The van der Waals surface area contributed by atoms with E-state index in [4.69, 9.17) is 5.73 Å². The molecule has 0 atom stereocenters. The molecule has 0 aromatic heterocycles. The van der Waals surface area contributed by atoms with Gasteiger partial charge in [-0.3, -0.25) is 4.79 Å². The zero-order valence-corrected chi connectivity index (χ0v) is 12.7. The third-order valence-corrected chi connectivity index (χ3v) is 2.93. The molecule has 0 saturated carbocycles. The summed E-state index contributed by atoms with van der Waals surface area (Å²) in [6.07, 6.45) is 0. The second-order valence-electron chi connectivity index (χ2n) is 5.46. The minimum absolute atomic E-state index is 0.118. The fourth-order valence-corrected chi connectivity index (χ4v) is 2.06. The molecule has 0 aliphatic carbocycles. The van der Waals surface area contributed by atoms with Crippen molar-refractivity contribution in [3.8, 4) is 0 Å².